The van der Waals surface area contributed by atoms with Crippen LogP contribution in [-0.4, -0.2) is 28.9 Å². The molecule has 1 aromatic heterocycles. The summed E-state index contributed by atoms with van der Waals surface area (Å²) in [5, 5.41) is 4.90. The lowest BCUT2D eigenvalue weighted by Gasteiger charge is -2.33. The van der Waals surface area contributed by atoms with E-state index in [1.807, 2.05) is 36.5 Å². The van der Waals surface area contributed by atoms with Crippen molar-refractivity contribution in [2.24, 2.45) is 5.92 Å². The zero-order valence-electron chi connectivity index (χ0n) is 17.2. The fourth-order valence-corrected chi connectivity index (χ4v) is 4.53. The number of hydrogen-bond donors (Lipinski definition) is 1. The summed E-state index contributed by atoms with van der Waals surface area (Å²) in [4.78, 5) is 19.4. The van der Waals surface area contributed by atoms with Crippen molar-refractivity contribution < 1.29 is 4.79 Å². The molecule has 0 saturated carbocycles. The summed E-state index contributed by atoms with van der Waals surface area (Å²) in [6.45, 7) is 3.56. The number of nitrogens with zero attached hydrogens (tertiary/aromatic N) is 2. The first kappa shape index (κ1) is 20.8. The van der Waals surface area contributed by atoms with Crippen LogP contribution in [0.2, 0.25) is 5.02 Å². The predicted molar refractivity (Wildman–Crippen MR) is 122 cm³/mol. The summed E-state index contributed by atoms with van der Waals surface area (Å²) in [6, 6.07) is 18.2. The molecule has 1 atom stereocenters. The Morgan fingerprint density at radius 3 is 2.83 bits per heavy atom. The molecule has 4 rings (SSSR count). The van der Waals surface area contributed by atoms with Crippen LogP contribution in [0.5, 0.6) is 0 Å². The van der Waals surface area contributed by atoms with Gasteiger partial charge in [0.1, 0.15) is 0 Å². The summed E-state index contributed by atoms with van der Waals surface area (Å²) in [5.74, 6) is 0.665. The van der Waals surface area contributed by atoms with Gasteiger partial charge in [0.05, 0.1) is 5.52 Å². The highest BCUT2D eigenvalue weighted by molar-refractivity contribution is 6.31. The standard InChI is InChI=1S/C25H28ClN3O/c26-23-11-2-1-7-21(23)16-28-24(30)13-12-19-6-5-15-29(17-19)18-22-9-3-8-20-10-4-14-27-25(20)22/h1-4,7-11,14,19H,5-6,12-13,15-18H2,(H,28,30). The largest absolute Gasteiger partial charge is 0.352 e. The van der Waals surface area contributed by atoms with Gasteiger partial charge in [-0.2, -0.15) is 0 Å². The van der Waals surface area contributed by atoms with Crippen LogP contribution < -0.4 is 5.32 Å². The fraction of sp³-hybridized carbons (Fsp3) is 0.360. The van der Waals surface area contributed by atoms with Crippen molar-refractivity contribution in [1.29, 1.82) is 0 Å². The number of pyridine rings is 1. The molecule has 3 aromatic rings. The molecule has 1 N–H and O–H groups in total. The van der Waals surface area contributed by atoms with Gasteiger partial charge in [-0.3, -0.25) is 14.7 Å². The molecular formula is C25H28ClN3O. The first-order valence-electron chi connectivity index (χ1n) is 10.7. The molecule has 2 heterocycles. The Balaban J connectivity index is 1.27. The third-order valence-electron chi connectivity index (χ3n) is 5.93. The normalized spacial score (nSPS) is 17.2. The Morgan fingerprint density at radius 1 is 1.10 bits per heavy atom. The van der Waals surface area contributed by atoms with E-state index in [0.717, 1.165) is 37.1 Å². The lowest BCUT2D eigenvalue weighted by molar-refractivity contribution is -0.121. The first-order chi connectivity index (χ1) is 14.7. The number of hydrogen-bond acceptors (Lipinski definition) is 3. The van der Waals surface area contributed by atoms with Gasteiger partial charge < -0.3 is 5.32 Å². The van der Waals surface area contributed by atoms with Crippen LogP contribution in [0.25, 0.3) is 10.9 Å². The molecule has 1 aliphatic heterocycles. The summed E-state index contributed by atoms with van der Waals surface area (Å²) in [5.41, 5.74) is 3.34. The number of carbonyl (C=O) groups is 1. The second-order valence-electron chi connectivity index (χ2n) is 8.14. The number of fused-ring (bicyclic) bond motifs is 1. The monoisotopic (exact) mass is 421 g/mol. The fourth-order valence-electron chi connectivity index (χ4n) is 4.33. The number of piperidine rings is 1. The number of rotatable bonds is 7. The van der Waals surface area contributed by atoms with E-state index in [0.29, 0.717) is 23.9 Å². The Kier molecular flexibility index (Phi) is 6.98. The zero-order valence-corrected chi connectivity index (χ0v) is 17.9. The minimum atomic E-state index is 0.102. The van der Waals surface area contributed by atoms with E-state index in [-0.39, 0.29) is 5.91 Å². The van der Waals surface area contributed by atoms with Gasteiger partial charge in [0, 0.05) is 42.7 Å². The quantitative estimate of drug-likeness (QED) is 0.570. The van der Waals surface area contributed by atoms with Crippen LogP contribution in [0.4, 0.5) is 0 Å². The molecule has 0 radical (unpaired) electrons. The van der Waals surface area contributed by atoms with Gasteiger partial charge >= 0.3 is 0 Å². The molecule has 156 valence electrons. The molecule has 2 aromatic carbocycles. The van der Waals surface area contributed by atoms with Gasteiger partial charge in [0.2, 0.25) is 5.91 Å². The van der Waals surface area contributed by atoms with Crippen molar-refractivity contribution in [1.82, 2.24) is 15.2 Å². The number of amides is 1. The summed E-state index contributed by atoms with van der Waals surface area (Å²) in [6.07, 6.45) is 5.75. The topological polar surface area (TPSA) is 45.2 Å². The van der Waals surface area contributed by atoms with Gasteiger partial charge in [0.15, 0.2) is 0 Å². The van der Waals surface area contributed by atoms with E-state index in [4.69, 9.17) is 11.6 Å². The molecule has 0 aliphatic carbocycles. The molecule has 5 heteroatoms. The van der Waals surface area contributed by atoms with Crippen molar-refractivity contribution in [3.63, 3.8) is 0 Å². The van der Waals surface area contributed by atoms with E-state index < -0.39 is 0 Å². The van der Waals surface area contributed by atoms with E-state index in [9.17, 15) is 4.79 Å². The van der Waals surface area contributed by atoms with Crippen molar-refractivity contribution in [2.75, 3.05) is 13.1 Å². The Hall–Kier alpha value is -2.43. The van der Waals surface area contributed by atoms with E-state index in [1.54, 1.807) is 0 Å². The van der Waals surface area contributed by atoms with Crippen LogP contribution in [0, 0.1) is 5.92 Å². The molecular weight excluding hydrogens is 394 g/mol. The minimum absolute atomic E-state index is 0.102. The lowest BCUT2D eigenvalue weighted by atomic mass is 9.93. The smallest absolute Gasteiger partial charge is 0.220 e. The van der Waals surface area contributed by atoms with Gasteiger partial charge in [-0.1, -0.05) is 54.1 Å². The van der Waals surface area contributed by atoms with Crippen LogP contribution in [0.1, 0.15) is 36.8 Å². The molecule has 1 saturated heterocycles. The number of para-hydroxylation sites is 1. The summed E-state index contributed by atoms with van der Waals surface area (Å²) < 4.78 is 0. The third kappa shape index (κ3) is 5.38. The van der Waals surface area contributed by atoms with Crippen molar-refractivity contribution >= 4 is 28.4 Å². The molecule has 4 nitrogen and oxygen atoms in total. The van der Waals surface area contributed by atoms with Crippen LogP contribution in [-0.2, 0) is 17.9 Å². The predicted octanol–water partition coefficient (Wildman–Crippen LogP) is 5.20. The maximum absolute atomic E-state index is 12.3. The maximum Gasteiger partial charge on any atom is 0.220 e. The zero-order chi connectivity index (χ0) is 20.8. The Labute approximate surface area is 183 Å². The number of likely N-dealkylation sites (tertiary alicyclic amines) is 1. The average Bonchev–Trinajstić information content (AvgIpc) is 2.78. The van der Waals surface area contributed by atoms with E-state index >= 15 is 0 Å². The highest BCUT2D eigenvalue weighted by Crippen LogP contribution is 2.24. The van der Waals surface area contributed by atoms with Gasteiger partial charge in [-0.15, -0.1) is 0 Å². The van der Waals surface area contributed by atoms with Crippen LogP contribution in [0.15, 0.2) is 60.8 Å². The van der Waals surface area contributed by atoms with Gasteiger partial charge in [-0.25, -0.2) is 0 Å². The molecule has 1 unspecified atom stereocenters. The third-order valence-corrected chi connectivity index (χ3v) is 6.30. The highest BCUT2D eigenvalue weighted by atomic mass is 35.5. The number of aromatic nitrogens is 1. The molecule has 1 aliphatic rings. The van der Waals surface area contributed by atoms with Gasteiger partial charge in [-0.05, 0) is 55.0 Å². The summed E-state index contributed by atoms with van der Waals surface area (Å²) in [7, 11) is 0. The number of halogens is 1. The lowest BCUT2D eigenvalue weighted by Crippen LogP contribution is -2.35. The van der Waals surface area contributed by atoms with Crippen LogP contribution >= 0.6 is 11.6 Å². The van der Waals surface area contributed by atoms with Crippen molar-refractivity contribution in [3.8, 4) is 0 Å². The number of benzene rings is 2. The van der Waals surface area contributed by atoms with Gasteiger partial charge in [0.25, 0.3) is 0 Å². The molecule has 0 spiro atoms. The average molecular weight is 422 g/mol. The molecule has 1 amide bonds. The number of nitrogens with one attached hydrogen (secondary N) is 1. The summed E-state index contributed by atoms with van der Waals surface area (Å²) >= 11 is 6.16. The second-order valence-corrected chi connectivity index (χ2v) is 8.55. The van der Waals surface area contributed by atoms with Crippen molar-refractivity contribution in [2.45, 2.75) is 38.8 Å². The highest BCUT2D eigenvalue weighted by Gasteiger charge is 2.21. The van der Waals surface area contributed by atoms with Crippen molar-refractivity contribution in [3.05, 3.63) is 76.9 Å². The SMILES string of the molecule is O=C(CCC1CCCN(Cc2cccc3cccnc23)C1)NCc1ccccc1Cl. The Morgan fingerprint density at radius 2 is 1.93 bits per heavy atom. The molecule has 30 heavy (non-hydrogen) atoms. The number of carbonyl (C=O) groups excluding carboxylic acids is 1. The molecule has 1 fully saturated rings. The van der Waals surface area contributed by atoms with E-state index in [2.05, 4.69) is 39.5 Å². The second kappa shape index (κ2) is 10.1. The maximum atomic E-state index is 12.3. The first-order valence-corrected chi connectivity index (χ1v) is 11.1. The van der Waals surface area contributed by atoms with E-state index in [1.165, 1.54) is 23.8 Å². The Bertz CT molecular complexity index is 1000. The molecule has 0 bridgehead atoms. The minimum Gasteiger partial charge on any atom is -0.352 e. The van der Waals surface area contributed by atoms with Crippen LogP contribution in [0.3, 0.4) is 0 Å².